The van der Waals surface area contributed by atoms with Gasteiger partial charge in [0, 0.05) is 19.4 Å². The highest BCUT2D eigenvalue weighted by molar-refractivity contribution is 5.79. The number of amides is 2. The Balaban J connectivity index is 1.58. The number of aliphatic hydroxyl groups is 1. The number of benzene rings is 4. The van der Waals surface area contributed by atoms with Gasteiger partial charge in [-0.2, -0.15) is 0 Å². The van der Waals surface area contributed by atoms with Gasteiger partial charge in [0.05, 0.1) is 18.3 Å². The van der Waals surface area contributed by atoms with Gasteiger partial charge in [0.25, 0.3) is 0 Å². The number of rotatable bonds is 8. The van der Waals surface area contributed by atoms with Crippen molar-refractivity contribution >= 4 is 6.03 Å². The molecular formula is C32H30N2O2. The lowest BCUT2D eigenvalue weighted by Crippen LogP contribution is -2.54. The molecule has 0 saturated heterocycles. The molecule has 2 amide bonds. The van der Waals surface area contributed by atoms with Crippen LogP contribution in [0.5, 0.6) is 0 Å². The van der Waals surface area contributed by atoms with E-state index in [0.29, 0.717) is 31.6 Å². The van der Waals surface area contributed by atoms with Crippen molar-refractivity contribution in [2.24, 2.45) is 0 Å². The van der Waals surface area contributed by atoms with Gasteiger partial charge >= 0.3 is 6.03 Å². The zero-order valence-electron chi connectivity index (χ0n) is 20.2. The Hall–Kier alpha value is -4.31. The Morgan fingerprint density at radius 1 is 0.583 bits per heavy atom. The van der Waals surface area contributed by atoms with Gasteiger partial charge in [0.15, 0.2) is 0 Å². The fourth-order valence-electron chi connectivity index (χ4n) is 4.79. The molecule has 0 fully saturated rings. The smallest absolute Gasteiger partial charge is 0.325 e. The molecule has 0 spiro atoms. The second-order valence-corrected chi connectivity index (χ2v) is 9.17. The minimum atomic E-state index is -0.453. The van der Waals surface area contributed by atoms with Crippen LogP contribution in [0.1, 0.15) is 22.3 Å². The van der Waals surface area contributed by atoms with Crippen LogP contribution in [-0.4, -0.2) is 27.0 Å². The van der Waals surface area contributed by atoms with Crippen LogP contribution in [0.4, 0.5) is 4.79 Å². The van der Waals surface area contributed by atoms with Gasteiger partial charge < -0.3 is 10.0 Å². The normalized spacial score (nSPS) is 15.9. The van der Waals surface area contributed by atoms with E-state index in [0.717, 1.165) is 22.3 Å². The van der Waals surface area contributed by atoms with E-state index in [-0.39, 0.29) is 11.8 Å². The second kappa shape index (κ2) is 11.0. The van der Waals surface area contributed by atoms with E-state index in [1.165, 1.54) is 0 Å². The first kappa shape index (κ1) is 23.4. The van der Waals surface area contributed by atoms with Crippen molar-refractivity contribution in [1.82, 2.24) is 9.80 Å². The molecule has 4 aromatic rings. The third kappa shape index (κ3) is 5.33. The first-order valence-electron chi connectivity index (χ1n) is 12.3. The van der Waals surface area contributed by atoms with Crippen molar-refractivity contribution in [3.8, 4) is 0 Å². The van der Waals surface area contributed by atoms with Crippen molar-refractivity contribution in [3.05, 3.63) is 155 Å². The van der Waals surface area contributed by atoms with Crippen LogP contribution in [0.2, 0.25) is 0 Å². The molecule has 4 heteroatoms. The summed E-state index contributed by atoms with van der Waals surface area (Å²) < 4.78 is 0. The highest BCUT2D eigenvalue weighted by Crippen LogP contribution is 2.32. The summed E-state index contributed by atoms with van der Waals surface area (Å²) in [7, 11) is 0. The van der Waals surface area contributed by atoms with Gasteiger partial charge in [-0.1, -0.05) is 121 Å². The van der Waals surface area contributed by atoms with Gasteiger partial charge in [-0.25, -0.2) is 4.79 Å². The van der Waals surface area contributed by atoms with Crippen molar-refractivity contribution in [1.29, 1.82) is 0 Å². The predicted octanol–water partition coefficient (Wildman–Crippen LogP) is 6.75. The number of nitrogens with zero attached hydrogens (tertiary/aromatic N) is 2. The van der Waals surface area contributed by atoms with E-state index in [1.807, 2.05) is 126 Å². The summed E-state index contributed by atoms with van der Waals surface area (Å²) >= 11 is 0. The Morgan fingerprint density at radius 3 is 1.56 bits per heavy atom. The van der Waals surface area contributed by atoms with Crippen LogP contribution in [0.15, 0.2) is 133 Å². The van der Waals surface area contributed by atoms with Gasteiger partial charge in [-0.3, -0.25) is 4.90 Å². The molecule has 0 aromatic heterocycles. The minimum absolute atomic E-state index is 0.0904. The molecule has 5 rings (SSSR count). The summed E-state index contributed by atoms with van der Waals surface area (Å²) in [5.41, 5.74) is 4.85. The van der Waals surface area contributed by atoms with Crippen LogP contribution in [-0.2, 0) is 25.9 Å². The van der Waals surface area contributed by atoms with Gasteiger partial charge in [0.1, 0.15) is 5.76 Å². The lowest BCUT2D eigenvalue weighted by atomic mass is 9.96. The van der Waals surface area contributed by atoms with Crippen LogP contribution >= 0.6 is 0 Å². The highest BCUT2D eigenvalue weighted by Gasteiger charge is 2.39. The lowest BCUT2D eigenvalue weighted by Gasteiger charge is -2.42. The van der Waals surface area contributed by atoms with E-state index in [1.54, 1.807) is 4.90 Å². The Bertz CT molecular complexity index is 1310. The minimum Gasteiger partial charge on any atom is -0.508 e. The van der Waals surface area contributed by atoms with E-state index in [4.69, 9.17) is 0 Å². The van der Waals surface area contributed by atoms with Crippen LogP contribution in [0.25, 0.3) is 0 Å². The monoisotopic (exact) mass is 474 g/mol. The third-order valence-corrected chi connectivity index (χ3v) is 6.66. The second-order valence-electron chi connectivity index (χ2n) is 9.17. The van der Waals surface area contributed by atoms with E-state index >= 15 is 0 Å². The predicted molar refractivity (Wildman–Crippen MR) is 143 cm³/mol. The molecule has 4 nitrogen and oxygen atoms in total. The fourth-order valence-corrected chi connectivity index (χ4v) is 4.79. The summed E-state index contributed by atoms with van der Waals surface area (Å²) in [4.78, 5) is 17.8. The van der Waals surface area contributed by atoms with Crippen LogP contribution in [0.3, 0.4) is 0 Å². The van der Waals surface area contributed by atoms with Gasteiger partial charge in [-0.15, -0.1) is 0 Å². The topological polar surface area (TPSA) is 43.8 Å². The zero-order valence-corrected chi connectivity index (χ0v) is 20.2. The molecule has 180 valence electrons. The van der Waals surface area contributed by atoms with E-state index in [2.05, 4.69) is 0 Å². The molecule has 0 aliphatic carbocycles. The SMILES string of the molecule is O=C1N(Cc2ccccc2)C(Cc2ccccc2)=C(O)C(Cc2ccccc2)N1Cc1ccccc1. The zero-order chi connectivity index (χ0) is 24.7. The summed E-state index contributed by atoms with van der Waals surface area (Å²) in [6.07, 6.45) is 1.03. The van der Waals surface area contributed by atoms with Crippen molar-refractivity contribution in [2.45, 2.75) is 32.0 Å². The standard InChI is InChI=1S/C32H30N2O2/c35-31-29(21-25-13-5-1-6-14-25)33(23-27-17-9-3-10-18-27)32(36)34(24-28-19-11-4-12-20-28)30(31)22-26-15-7-2-8-16-26/h1-20,29,35H,21-24H2. The Kier molecular flexibility index (Phi) is 7.13. The number of urea groups is 1. The van der Waals surface area contributed by atoms with E-state index in [9.17, 15) is 9.90 Å². The van der Waals surface area contributed by atoms with E-state index < -0.39 is 6.04 Å². The molecule has 1 atom stereocenters. The first-order valence-corrected chi connectivity index (χ1v) is 12.3. The maximum absolute atomic E-state index is 14.2. The maximum atomic E-state index is 14.2. The number of aliphatic hydroxyl groups excluding tert-OH is 1. The highest BCUT2D eigenvalue weighted by atomic mass is 16.3. The van der Waals surface area contributed by atoms with Crippen LogP contribution < -0.4 is 0 Å². The largest absolute Gasteiger partial charge is 0.508 e. The van der Waals surface area contributed by atoms with Crippen molar-refractivity contribution in [2.75, 3.05) is 0 Å². The molecule has 4 aromatic carbocycles. The average Bonchev–Trinajstić information content (AvgIpc) is 2.93. The molecule has 1 heterocycles. The van der Waals surface area contributed by atoms with Gasteiger partial charge in [0.2, 0.25) is 0 Å². The molecule has 0 saturated carbocycles. The molecule has 0 radical (unpaired) electrons. The number of hydrogen-bond acceptors (Lipinski definition) is 2. The summed E-state index contributed by atoms with van der Waals surface area (Å²) in [5.74, 6) is 0.258. The number of carbonyl (C=O) groups excluding carboxylic acids is 1. The quantitative estimate of drug-likeness (QED) is 0.307. The number of hydrogen-bond donors (Lipinski definition) is 1. The number of allylic oxidation sites excluding steroid dienone is 1. The summed E-state index contributed by atoms with van der Waals surface area (Å²) in [6, 6.07) is 39.5. The first-order chi connectivity index (χ1) is 17.7. The lowest BCUT2D eigenvalue weighted by molar-refractivity contribution is 0.107. The Morgan fingerprint density at radius 2 is 1.03 bits per heavy atom. The molecule has 1 unspecified atom stereocenters. The molecule has 1 aliphatic rings. The summed E-state index contributed by atoms with van der Waals surface area (Å²) in [6.45, 7) is 0.820. The number of carbonyl (C=O) groups is 1. The molecule has 1 N–H and O–H groups in total. The van der Waals surface area contributed by atoms with Crippen molar-refractivity contribution < 1.29 is 9.90 Å². The average molecular weight is 475 g/mol. The van der Waals surface area contributed by atoms with Gasteiger partial charge in [-0.05, 0) is 22.3 Å². The molecule has 1 aliphatic heterocycles. The molecule has 0 bridgehead atoms. The molecular weight excluding hydrogens is 444 g/mol. The Labute approximate surface area is 212 Å². The third-order valence-electron chi connectivity index (χ3n) is 6.66. The molecule has 36 heavy (non-hydrogen) atoms. The van der Waals surface area contributed by atoms with Crippen molar-refractivity contribution in [3.63, 3.8) is 0 Å². The summed E-state index contributed by atoms with van der Waals surface area (Å²) in [5, 5.41) is 11.8. The van der Waals surface area contributed by atoms with Crippen LogP contribution in [0, 0.1) is 0 Å². The fraction of sp³-hybridized carbons (Fsp3) is 0.156. The maximum Gasteiger partial charge on any atom is 0.325 e.